The highest BCUT2D eigenvalue weighted by molar-refractivity contribution is 7.99. The molecule has 3 nitrogen and oxygen atoms in total. The molecule has 0 saturated carbocycles. The number of aliphatic hydroxyl groups excluding tert-OH is 1. The molecule has 0 bridgehead atoms. The number of hydrogen-bond acceptors (Lipinski definition) is 4. The van der Waals surface area contributed by atoms with Crippen LogP contribution in [0.4, 0.5) is 5.69 Å². The van der Waals surface area contributed by atoms with Gasteiger partial charge in [0, 0.05) is 32.6 Å². The summed E-state index contributed by atoms with van der Waals surface area (Å²) in [6.07, 6.45) is 0. The average molecular weight is 372 g/mol. The summed E-state index contributed by atoms with van der Waals surface area (Å²) < 4.78 is 0. The van der Waals surface area contributed by atoms with E-state index in [0.29, 0.717) is 12.1 Å². The highest BCUT2D eigenvalue weighted by Crippen LogP contribution is 2.32. The van der Waals surface area contributed by atoms with Gasteiger partial charge in [0.15, 0.2) is 0 Å². The Morgan fingerprint density at radius 2 is 1.76 bits per heavy atom. The van der Waals surface area contributed by atoms with Gasteiger partial charge in [0.1, 0.15) is 5.75 Å². The Hall–Kier alpha value is -2.14. The second-order valence-electron chi connectivity index (χ2n) is 5.52. The summed E-state index contributed by atoms with van der Waals surface area (Å²) in [6, 6.07) is 21.1. The first-order chi connectivity index (χ1) is 12.2. The van der Waals surface area contributed by atoms with Crippen LogP contribution >= 0.6 is 23.4 Å². The molecule has 0 aliphatic carbocycles. The number of hydrogen-bond donors (Lipinski definition) is 3. The van der Waals surface area contributed by atoms with Crippen LogP contribution in [0, 0.1) is 0 Å². The van der Waals surface area contributed by atoms with Crippen LogP contribution in [-0.4, -0.2) is 10.2 Å². The van der Waals surface area contributed by atoms with E-state index in [1.54, 1.807) is 30.0 Å². The molecule has 0 unspecified atom stereocenters. The third-order valence-electron chi connectivity index (χ3n) is 3.73. The van der Waals surface area contributed by atoms with Crippen molar-refractivity contribution in [2.24, 2.45) is 0 Å². The zero-order chi connectivity index (χ0) is 17.6. The molecule has 0 saturated heterocycles. The Morgan fingerprint density at radius 3 is 2.56 bits per heavy atom. The van der Waals surface area contributed by atoms with Gasteiger partial charge in [0.2, 0.25) is 0 Å². The molecule has 0 aliphatic rings. The van der Waals surface area contributed by atoms with Gasteiger partial charge in [-0.05, 0) is 48.0 Å². The second-order valence-corrected chi connectivity index (χ2v) is 7.07. The van der Waals surface area contributed by atoms with Crippen molar-refractivity contribution in [2.45, 2.75) is 22.9 Å². The highest BCUT2D eigenvalue weighted by Gasteiger charge is 2.06. The Morgan fingerprint density at radius 1 is 0.920 bits per heavy atom. The second kappa shape index (κ2) is 8.30. The fourth-order valence-electron chi connectivity index (χ4n) is 2.43. The molecule has 3 aromatic rings. The van der Waals surface area contributed by atoms with Crippen LogP contribution in [0.25, 0.3) is 0 Å². The fourth-order valence-corrected chi connectivity index (χ4v) is 3.69. The molecular weight excluding hydrogens is 354 g/mol. The minimum Gasteiger partial charge on any atom is -0.508 e. The number of aliphatic hydroxyl groups is 1. The maximum Gasteiger partial charge on any atom is 0.121 e. The van der Waals surface area contributed by atoms with Crippen LogP contribution in [0.2, 0.25) is 5.02 Å². The van der Waals surface area contributed by atoms with E-state index >= 15 is 0 Å². The normalized spacial score (nSPS) is 10.6. The topological polar surface area (TPSA) is 52.5 Å². The summed E-state index contributed by atoms with van der Waals surface area (Å²) in [7, 11) is 0. The summed E-state index contributed by atoms with van der Waals surface area (Å²) in [5, 5.41) is 23.0. The largest absolute Gasteiger partial charge is 0.508 e. The van der Waals surface area contributed by atoms with Gasteiger partial charge >= 0.3 is 0 Å². The van der Waals surface area contributed by atoms with Gasteiger partial charge in [-0.15, -0.1) is 0 Å². The van der Waals surface area contributed by atoms with Crippen LogP contribution < -0.4 is 5.32 Å². The highest BCUT2D eigenvalue weighted by atomic mass is 35.5. The Kier molecular flexibility index (Phi) is 5.87. The smallest absolute Gasteiger partial charge is 0.121 e. The fraction of sp³-hybridized carbons (Fsp3) is 0.100. The lowest BCUT2D eigenvalue weighted by atomic mass is 10.1. The summed E-state index contributed by atoms with van der Waals surface area (Å²) >= 11 is 7.74. The first-order valence-electron chi connectivity index (χ1n) is 7.83. The number of phenols is 1. The van der Waals surface area contributed by atoms with Crippen molar-refractivity contribution in [1.29, 1.82) is 0 Å². The number of aromatic hydroxyl groups is 1. The quantitative estimate of drug-likeness (QED) is 0.514. The van der Waals surface area contributed by atoms with Crippen LogP contribution in [0.15, 0.2) is 76.5 Å². The van der Waals surface area contributed by atoms with E-state index in [2.05, 4.69) is 17.4 Å². The third kappa shape index (κ3) is 4.69. The molecule has 0 amide bonds. The lowest BCUT2D eigenvalue weighted by Gasteiger charge is -2.12. The predicted octanol–water partition coefficient (Wildman–Crippen LogP) is 5.30. The summed E-state index contributed by atoms with van der Waals surface area (Å²) in [5.74, 6) is 0.102. The Labute approximate surface area is 156 Å². The van der Waals surface area contributed by atoms with E-state index in [1.165, 1.54) is 0 Å². The standard InChI is InChI=1S/C20H18ClNO2S/c21-16-5-3-6-18(11-16)25-20-7-2-1-4-14(20)12-22-17-8-9-19(24)15(10-17)13-23/h1-11,22-24H,12-13H2. The molecule has 3 rings (SSSR count). The van der Waals surface area contributed by atoms with Crippen molar-refractivity contribution in [2.75, 3.05) is 5.32 Å². The van der Waals surface area contributed by atoms with Gasteiger partial charge in [-0.25, -0.2) is 0 Å². The minimum atomic E-state index is -0.192. The van der Waals surface area contributed by atoms with Crippen molar-refractivity contribution in [3.63, 3.8) is 0 Å². The van der Waals surface area contributed by atoms with E-state index in [-0.39, 0.29) is 12.4 Å². The monoisotopic (exact) mass is 371 g/mol. The molecular formula is C20H18ClNO2S. The Balaban J connectivity index is 1.75. The first kappa shape index (κ1) is 17.7. The number of anilines is 1. The maximum absolute atomic E-state index is 9.65. The Bertz CT molecular complexity index is 870. The van der Waals surface area contributed by atoms with Gasteiger partial charge in [-0.1, -0.05) is 47.6 Å². The van der Waals surface area contributed by atoms with E-state index in [0.717, 1.165) is 26.1 Å². The molecule has 25 heavy (non-hydrogen) atoms. The van der Waals surface area contributed by atoms with E-state index in [4.69, 9.17) is 11.6 Å². The molecule has 0 fully saturated rings. The van der Waals surface area contributed by atoms with Crippen molar-refractivity contribution in [3.05, 3.63) is 82.9 Å². The zero-order valence-electron chi connectivity index (χ0n) is 13.4. The SMILES string of the molecule is OCc1cc(NCc2ccccc2Sc2cccc(Cl)c2)ccc1O. The summed E-state index contributed by atoms with van der Waals surface area (Å²) in [4.78, 5) is 2.24. The van der Waals surface area contributed by atoms with Gasteiger partial charge in [-0.2, -0.15) is 0 Å². The van der Waals surface area contributed by atoms with Gasteiger partial charge in [0.05, 0.1) is 6.61 Å². The maximum atomic E-state index is 9.65. The van der Waals surface area contributed by atoms with Crippen LogP contribution in [0.5, 0.6) is 5.75 Å². The molecule has 0 atom stereocenters. The molecule has 0 heterocycles. The lowest BCUT2D eigenvalue weighted by Crippen LogP contribution is -2.01. The number of benzene rings is 3. The predicted molar refractivity (Wildman–Crippen MR) is 103 cm³/mol. The minimum absolute atomic E-state index is 0.102. The summed E-state index contributed by atoms with van der Waals surface area (Å²) in [5.41, 5.74) is 2.52. The van der Waals surface area contributed by atoms with E-state index in [9.17, 15) is 10.2 Å². The van der Waals surface area contributed by atoms with E-state index < -0.39 is 0 Å². The van der Waals surface area contributed by atoms with Crippen molar-refractivity contribution < 1.29 is 10.2 Å². The first-order valence-corrected chi connectivity index (χ1v) is 9.03. The van der Waals surface area contributed by atoms with Gasteiger partial charge in [0.25, 0.3) is 0 Å². The number of nitrogens with one attached hydrogen (secondary N) is 1. The zero-order valence-corrected chi connectivity index (χ0v) is 15.0. The summed E-state index contributed by atoms with van der Waals surface area (Å²) in [6.45, 7) is 0.446. The van der Waals surface area contributed by atoms with Crippen molar-refractivity contribution >= 4 is 29.1 Å². The number of halogens is 1. The molecule has 0 spiro atoms. The average Bonchev–Trinajstić information content (AvgIpc) is 2.62. The van der Waals surface area contributed by atoms with E-state index in [1.807, 2.05) is 36.4 Å². The lowest BCUT2D eigenvalue weighted by molar-refractivity contribution is 0.275. The molecule has 0 aromatic heterocycles. The number of rotatable bonds is 6. The van der Waals surface area contributed by atoms with Crippen LogP contribution in [-0.2, 0) is 13.2 Å². The van der Waals surface area contributed by atoms with Crippen LogP contribution in [0.3, 0.4) is 0 Å². The molecule has 128 valence electrons. The van der Waals surface area contributed by atoms with Gasteiger partial charge < -0.3 is 15.5 Å². The molecule has 3 N–H and O–H groups in total. The van der Waals surface area contributed by atoms with Crippen LogP contribution in [0.1, 0.15) is 11.1 Å². The molecule has 0 aliphatic heterocycles. The third-order valence-corrected chi connectivity index (χ3v) is 5.07. The molecule has 0 radical (unpaired) electrons. The van der Waals surface area contributed by atoms with Crippen molar-refractivity contribution in [3.8, 4) is 5.75 Å². The molecule has 3 aromatic carbocycles. The molecule has 5 heteroatoms. The van der Waals surface area contributed by atoms with Crippen molar-refractivity contribution in [1.82, 2.24) is 0 Å². The van der Waals surface area contributed by atoms with Gasteiger partial charge in [-0.3, -0.25) is 0 Å².